The minimum absolute atomic E-state index is 0.0658. The molecule has 4 atom stereocenters. The number of piperidine rings is 2. The highest BCUT2D eigenvalue weighted by molar-refractivity contribution is 7.89. The van der Waals surface area contributed by atoms with Gasteiger partial charge in [-0.05, 0) is 72.9 Å². The molecule has 1 aromatic heterocycles. The Morgan fingerprint density at radius 3 is 1.42 bits per heavy atom. The lowest BCUT2D eigenvalue weighted by Crippen LogP contribution is -2.42. The molecule has 0 aliphatic carbocycles. The van der Waals surface area contributed by atoms with Crippen molar-refractivity contribution in [2.75, 3.05) is 26.2 Å². The maximum atomic E-state index is 13.5. The zero-order chi connectivity index (χ0) is 27.4. The van der Waals surface area contributed by atoms with Crippen molar-refractivity contribution in [2.45, 2.75) is 50.3 Å². The van der Waals surface area contributed by atoms with Gasteiger partial charge in [-0.15, -0.1) is 0 Å². The summed E-state index contributed by atoms with van der Waals surface area (Å²) >= 11 is 0. The Hall–Kier alpha value is -2.47. The first-order chi connectivity index (χ1) is 17.9. The second-order valence-electron chi connectivity index (χ2n) is 11.4. The molecule has 3 aromatic rings. The van der Waals surface area contributed by atoms with Crippen LogP contribution in [0.25, 0.3) is 21.9 Å². The Morgan fingerprint density at radius 2 is 1.08 bits per heavy atom. The monoisotopic (exact) mass is 561 g/mol. The highest BCUT2D eigenvalue weighted by atomic mass is 32.2. The van der Waals surface area contributed by atoms with Gasteiger partial charge in [0.25, 0.3) is 0 Å². The van der Waals surface area contributed by atoms with Crippen LogP contribution < -0.4 is 5.36 Å². The van der Waals surface area contributed by atoms with Crippen molar-refractivity contribution in [3.63, 3.8) is 0 Å². The van der Waals surface area contributed by atoms with Crippen molar-refractivity contribution < 1.29 is 26.5 Å². The number of hydrogen-bond acceptors (Lipinski definition) is 7. The van der Waals surface area contributed by atoms with Gasteiger partial charge in [-0.3, -0.25) is 0 Å². The van der Waals surface area contributed by atoms with E-state index in [0.29, 0.717) is 37.3 Å². The summed E-state index contributed by atoms with van der Waals surface area (Å²) in [5.41, 5.74) is 0.665. The van der Waals surface area contributed by atoms with Crippen LogP contribution in [0.1, 0.15) is 40.5 Å². The van der Waals surface area contributed by atoms with Crippen LogP contribution in [0.15, 0.2) is 55.8 Å². The molecule has 2 aliphatic heterocycles. The molecule has 1 N–H and O–H groups in total. The third-order valence-corrected chi connectivity index (χ3v) is 11.3. The molecule has 2 aromatic carbocycles. The molecule has 0 spiro atoms. The van der Waals surface area contributed by atoms with Gasteiger partial charge in [0.1, 0.15) is 16.5 Å². The molecule has 0 radical (unpaired) electrons. The van der Waals surface area contributed by atoms with Crippen molar-refractivity contribution >= 4 is 42.0 Å². The van der Waals surface area contributed by atoms with Crippen LogP contribution in [-0.2, 0) is 20.0 Å². The molecule has 2 saturated heterocycles. The number of fused-ring (bicyclic) bond motifs is 2. The summed E-state index contributed by atoms with van der Waals surface area (Å²) in [5, 5.41) is 14.1. The van der Waals surface area contributed by atoms with Crippen LogP contribution >= 0.6 is 0 Å². The number of hydrogen-bond donors (Lipinski definition) is 1. The van der Waals surface area contributed by atoms with E-state index in [1.807, 2.05) is 27.7 Å². The first-order valence-corrected chi connectivity index (χ1v) is 16.0. The lowest BCUT2D eigenvalue weighted by atomic mass is 9.94. The fraction of sp³-hybridized carbons (Fsp3) is 0.519. The van der Waals surface area contributed by atoms with E-state index in [0.717, 1.165) is 12.8 Å². The first kappa shape index (κ1) is 27.1. The Balaban J connectivity index is 1.62. The average molecular weight is 562 g/mol. The van der Waals surface area contributed by atoms with Crippen LogP contribution in [0.4, 0.5) is 0 Å². The third kappa shape index (κ3) is 4.85. The highest BCUT2D eigenvalue weighted by Gasteiger charge is 2.33. The van der Waals surface area contributed by atoms with E-state index in [1.54, 1.807) is 12.1 Å². The fourth-order valence-corrected chi connectivity index (χ4v) is 9.57. The first-order valence-electron chi connectivity index (χ1n) is 13.1. The fourth-order valence-electron chi connectivity index (χ4n) is 6.16. The van der Waals surface area contributed by atoms with E-state index in [-0.39, 0.29) is 49.6 Å². The molecule has 0 bridgehead atoms. The van der Waals surface area contributed by atoms with Crippen LogP contribution in [0.3, 0.4) is 0 Å². The quantitative estimate of drug-likeness (QED) is 0.289. The minimum atomic E-state index is -3.79. The molecule has 4 unspecified atom stereocenters. The van der Waals surface area contributed by atoms with E-state index < -0.39 is 20.0 Å². The Bertz CT molecular complexity index is 1530. The van der Waals surface area contributed by atoms with Gasteiger partial charge in [0.2, 0.25) is 20.0 Å². The molecule has 2 fully saturated rings. The smallest absolute Gasteiger partial charge is 0.243 e. The molecular weight excluding hydrogens is 526 g/mol. The minimum Gasteiger partial charge on any atom is -0.456 e. The van der Waals surface area contributed by atoms with Gasteiger partial charge in [0, 0.05) is 37.0 Å². The lowest BCUT2D eigenvalue weighted by molar-refractivity contribution is 0.222. The van der Waals surface area contributed by atoms with Crippen LogP contribution in [0, 0.1) is 23.7 Å². The molecule has 206 valence electrons. The summed E-state index contributed by atoms with van der Waals surface area (Å²) in [4.78, 5) is 0.150. The van der Waals surface area contributed by atoms with E-state index in [9.17, 15) is 22.0 Å². The number of benzene rings is 2. The van der Waals surface area contributed by atoms with Crippen LogP contribution in [0.2, 0.25) is 0 Å². The van der Waals surface area contributed by atoms with E-state index in [4.69, 9.17) is 4.42 Å². The van der Waals surface area contributed by atoms with Crippen molar-refractivity contribution in [2.24, 2.45) is 28.8 Å². The molecule has 0 amide bonds. The average Bonchev–Trinajstić information content (AvgIpc) is 2.85. The lowest BCUT2D eigenvalue weighted by Gasteiger charge is -2.34. The maximum absolute atomic E-state index is 13.5. The predicted octanol–water partition coefficient (Wildman–Crippen LogP) is 4.21. The normalized spacial score (nSPS) is 26.1. The summed E-state index contributed by atoms with van der Waals surface area (Å²) in [6.07, 6.45) is 1.95. The Kier molecular flexibility index (Phi) is 7.08. The maximum Gasteiger partial charge on any atom is 0.243 e. The van der Waals surface area contributed by atoms with Gasteiger partial charge in [0.05, 0.1) is 9.79 Å². The Labute approximate surface area is 223 Å². The molecule has 11 heteroatoms. The number of nitrogens with zero attached hydrogens (tertiary/aromatic N) is 3. The highest BCUT2D eigenvalue weighted by Crippen LogP contribution is 2.31. The topological polar surface area (TPSA) is 120 Å². The zero-order valence-electron chi connectivity index (χ0n) is 22.2. The largest absolute Gasteiger partial charge is 0.456 e. The summed E-state index contributed by atoms with van der Waals surface area (Å²) in [7, 11) is -7.58. The van der Waals surface area contributed by atoms with Crippen molar-refractivity contribution in [1.29, 1.82) is 0 Å². The third-order valence-electron chi connectivity index (χ3n) is 7.68. The molecule has 0 saturated carbocycles. The van der Waals surface area contributed by atoms with Gasteiger partial charge in [-0.1, -0.05) is 32.9 Å². The van der Waals surface area contributed by atoms with Crippen molar-refractivity contribution in [3.8, 4) is 0 Å². The van der Waals surface area contributed by atoms with E-state index >= 15 is 0 Å². The summed E-state index contributed by atoms with van der Waals surface area (Å²) in [5.74, 6) is 1.01. The number of rotatable bonds is 4. The summed E-state index contributed by atoms with van der Waals surface area (Å²) < 4.78 is 63.1. The Morgan fingerprint density at radius 1 is 0.711 bits per heavy atom. The molecule has 9 nitrogen and oxygen atoms in total. The summed E-state index contributed by atoms with van der Waals surface area (Å²) in [6, 6.07) is 8.98. The van der Waals surface area contributed by atoms with Crippen LogP contribution in [0.5, 0.6) is 0 Å². The van der Waals surface area contributed by atoms with Crippen LogP contribution in [-0.4, -0.2) is 56.8 Å². The molecule has 3 heterocycles. The van der Waals surface area contributed by atoms with Crippen molar-refractivity contribution in [1.82, 2.24) is 8.61 Å². The molecule has 2 aliphatic rings. The van der Waals surface area contributed by atoms with Gasteiger partial charge < -0.3 is 9.62 Å². The molecule has 5 rings (SSSR count). The van der Waals surface area contributed by atoms with E-state index in [2.05, 4.69) is 5.16 Å². The van der Waals surface area contributed by atoms with Gasteiger partial charge in [-0.2, -0.15) is 8.61 Å². The van der Waals surface area contributed by atoms with Gasteiger partial charge in [-0.25, -0.2) is 16.8 Å². The second kappa shape index (κ2) is 9.93. The second-order valence-corrected chi connectivity index (χ2v) is 15.3. The standard InChI is InChI=1S/C27H35N3O6S2/c1-17-9-18(2)14-29(13-17)37(32,33)21-5-7-25-23(11-21)27(28-31)24-12-22(6-8-26(24)36-25)38(34,35)30-15-19(3)10-20(4)16-30/h5-8,11-12,17-20,31H,9-10,13-16H2,1-4H3. The van der Waals surface area contributed by atoms with Gasteiger partial charge in [0.15, 0.2) is 0 Å². The van der Waals surface area contributed by atoms with E-state index in [1.165, 1.54) is 32.9 Å². The SMILES string of the molecule is CC1CC(C)CN(S(=O)(=O)c2ccc3oc4ccc(S(=O)(=O)N5CC(C)CC(C)C5)cc4c(=NO)c3c2)C1. The zero-order valence-corrected chi connectivity index (χ0v) is 23.8. The summed E-state index contributed by atoms with van der Waals surface area (Å²) in [6.45, 7) is 9.95. The van der Waals surface area contributed by atoms with Gasteiger partial charge >= 0.3 is 0 Å². The van der Waals surface area contributed by atoms with Crippen molar-refractivity contribution in [3.05, 3.63) is 41.8 Å². The molecular formula is C27H35N3O6S2. The molecule has 38 heavy (non-hydrogen) atoms. The predicted molar refractivity (Wildman–Crippen MR) is 144 cm³/mol. The number of sulfonamides is 2.